The van der Waals surface area contributed by atoms with Crippen molar-refractivity contribution in [3.63, 3.8) is 0 Å². The zero-order valence-electron chi connectivity index (χ0n) is 12.5. The molecule has 0 aliphatic carbocycles. The first kappa shape index (κ1) is 14.4. The molecule has 106 valence electrons. The summed E-state index contributed by atoms with van der Waals surface area (Å²) >= 11 is 0. The minimum Gasteiger partial charge on any atom is -0.492 e. The van der Waals surface area contributed by atoms with Gasteiger partial charge in [0, 0.05) is 18.5 Å². The number of hydrogen-bond donors (Lipinski definition) is 0. The quantitative estimate of drug-likeness (QED) is 0.787. The summed E-state index contributed by atoms with van der Waals surface area (Å²) in [5, 5.41) is 0. The molecule has 0 saturated carbocycles. The van der Waals surface area contributed by atoms with E-state index in [1.165, 1.54) is 11.1 Å². The van der Waals surface area contributed by atoms with Crippen molar-refractivity contribution >= 4 is 0 Å². The Bertz CT molecular complexity index is 427. The minimum atomic E-state index is 0.342. The molecule has 0 bridgehead atoms. The molecule has 1 heterocycles. The van der Waals surface area contributed by atoms with Crippen LogP contribution in [0.15, 0.2) is 18.2 Å². The van der Waals surface area contributed by atoms with Gasteiger partial charge in [0.15, 0.2) is 0 Å². The largest absolute Gasteiger partial charge is 0.492 e. The van der Waals surface area contributed by atoms with Gasteiger partial charge in [0.2, 0.25) is 0 Å². The first-order valence-electron chi connectivity index (χ1n) is 6.95. The van der Waals surface area contributed by atoms with Gasteiger partial charge in [0.25, 0.3) is 0 Å². The second kappa shape index (κ2) is 5.93. The van der Waals surface area contributed by atoms with Crippen LogP contribution in [0.3, 0.4) is 0 Å². The fraction of sp³-hybridized carbons (Fsp3) is 0.625. The molecule has 0 unspecified atom stereocenters. The van der Waals surface area contributed by atoms with Gasteiger partial charge in [-0.3, -0.25) is 0 Å². The number of benzene rings is 1. The zero-order chi connectivity index (χ0) is 13.9. The summed E-state index contributed by atoms with van der Waals surface area (Å²) in [6, 6.07) is 6.32. The normalized spacial score (nSPS) is 17.3. The Morgan fingerprint density at radius 1 is 1.32 bits per heavy atom. The van der Waals surface area contributed by atoms with Crippen LogP contribution in [0.1, 0.15) is 18.1 Å². The molecule has 1 saturated heterocycles. The summed E-state index contributed by atoms with van der Waals surface area (Å²) in [5.74, 6) is 0.997. The summed E-state index contributed by atoms with van der Waals surface area (Å²) in [5.41, 5.74) is 2.83. The van der Waals surface area contributed by atoms with E-state index in [4.69, 9.17) is 9.47 Å². The van der Waals surface area contributed by atoms with Crippen LogP contribution in [0, 0.1) is 19.3 Å². The van der Waals surface area contributed by atoms with Crippen LogP contribution in [0.5, 0.6) is 5.75 Å². The second-order valence-corrected chi connectivity index (χ2v) is 6.16. The topological polar surface area (TPSA) is 21.7 Å². The Morgan fingerprint density at radius 2 is 2.05 bits per heavy atom. The highest BCUT2D eigenvalue weighted by atomic mass is 16.5. The summed E-state index contributed by atoms with van der Waals surface area (Å²) in [4.78, 5) is 2.33. The van der Waals surface area contributed by atoms with Gasteiger partial charge in [0.1, 0.15) is 12.4 Å². The molecule has 1 aliphatic heterocycles. The number of ether oxygens (including phenoxy) is 2. The lowest BCUT2D eigenvalue weighted by molar-refractivity contribution is -0.113. The number of nitrogens with zero attached hydrogens (tertiary/aromatic N) is 1. The van der Waals surface area contributed by atoms with Crippen molar-refractivity contribution in [2.45, 2.75) is 20.8 Å². The summed E-state index contributed by atoms with van der Waals surface area (Å²) in [7, 11) is 2.15. The molecule has 0 N–H and O–H groups in total. The van der Waals surface area contributed by atoms with Crippen molar-refractivity contribution in [1.82, 2.24) is 4.90 Å². The molecule has 3 heteroatoms. The van der Waals surface area contributed by atoms with Crippen LogP contribution >= 0.6 is 0 Å². The van der Waals surface area contributed by atoms with Crippen molar-refractivity contribution in [2.24, 2.45) is 5.41 Å². The van der Waals surface area contributed by atoms with Crippen molar-refractivity contribution < 1.29 is 9.47 Å². The molecule has 1 aliphatic rings. The average molecular weight is 263 g/mol. The van der Waals surface area contributed by atoms with E-state index < -0.39 is 0 Å². The summed E-state index contributed by atoms with van der Waals surface area (Å²) in [6.07, 6.45) is 0. The number of likely N-dealkylation sites (N-methyl/N-ethyl adjacent to an activating group) is 1. The van der Waals surface area contributed by atoms with Gasteiger partial charge in [-0.25, -0.2) is 0 Å². The number of rotatable bonds is 6. The van der Waals surface area contributed by atoms with E-state index in [-0.39, 0.29) is 0 Å². The maximum Gasteiger partial charge on any atom is 0.122 e. The monoisotopic (exact) mass is 263 g/mol. The third kappa shape index (κ3) is 3.95. The Labute approximate surface area is 116 Å². The highest BCUT2D eigenvalue weighted by Gasteiger charge is 2.34. The molecule has 1 aromatic rings. The molecule has 19 heavy (non-hydrogen) atoms. The molecule has 0 amide bonds. The van der Waals surface area contributed by atoms with Crippen molar-refractivity contribution in [3.05, 3.63) is 29.3 Å². The predicted octanol–water partition coefficient (Wildman–Crippen LogP) is 2.65. The van der Waals surface area contributed by atoms with Crippen molar-refractivity contribution in [1.29, 1.82) is 0 Å². The zero-order valence-corrected chi connectivity index (χ0v) is 12.5. The molecule has 3 nitrogen and oxygen atoms in total. The molecule has 0 spiro atoms. The lowest BCUT2D eigenvalue weighted by Crippen LogP contribution is -2.48. The molecule has 0 aromatic heterocycles. The van der Waals surface area contributed by atoms with Crippen molar-refractivity contribution in [3.8, 4) is 5.75 Å². The Kier molecular flexibility index (Phi) is 4.48. The molecule has 2 rings (SSSR count). The predicted molar refractivity (Wildman–Crippen MR) is 77.8 cm³/mol. The van der Waals surface area contributed by atoms with Gasteiger partial charge >= 0.3 is 0 Å². The van der Waals surface area contributed by atoms with Crippen LogP contribution in [0.2, 0.25) is 0 Å². The Balaban J connectivity index is 1.73. The molecule has 0 atom stereocenters. The van der Waals surface area contributed by atoms with E-state index in [9.17, 15) is 0 Å². The Hall–Kier alpha value is -1.06. The van der Waals surface area contributed by atoms with Crippen LogP contribution in [-0.2, 0) is 4.74 Å². The number of hydrogen-bond acceptors (Lipinski definition) is 3. The van der Waals surface area contributed by atoms with Crippen LogP contribution < -0.4 is 4.74 Å². The second-order valence-electron chi connectivity index (χ2n) is 6.16. The highest BCUT2D eigenvalue weighted by Crippen LogP contribution is 2.27. The Morgan fingerprint density at radius 3 is 2.63 bits per heavy atom. The summed E-state index contributed by atoms with van der Waals surface area (Å²) < 4.78 is 11.1. The van der Waals surface area contributed by atoms with Gasteiger partial charge < -0.3 is 14.4 Å². The molecular formula is C16H25NO2. The highest BCUT2D eigenvalue weighted by molar-refractivity contribution is 5.35. The van der Waals surface area contributed by atoms with Gasteiger partial charge in [-0.1, -0.05) is 24.6 Å². The average Bonchev–Trinajstić information content (AvgIpc) is 2.30. The lowest BCUT2D eigenvalue weighted by Gasteiger charge is -2.40. The van der Waals surface area contributed by atoms with E-state index in [1.54, 1.807) is 0 Å². The first-order chi connectivity index (χ1) is 8.98. The van der Waals surface area contributed by atoms with E-state index in [2.05, 4.69) is 50.9 Å². The molecule has 0 radical (unpaired) electrons. The van der Waals surface area contributed by atoms with E-state index in [0.29, 0.717) is 5.41 Å². The number of aryl methyl sites for hydroxylation is 2. The van der Waals surface area contributed by atoms with Gasteiger partial charge in [-0.15, -0.1) is 0 Å². The van der Waals surface area contributed by atoms with Crippen LogP contribution in [0.4, 0.5) is 0 Å². The van der Waals surface area contributed by atoms with Crippen LogP contribution in [0.25, 0.3) is 0 Å². The SMILES string of the molecule is Cc1ccc(OCCN(C)CC2(C)COC2)c(C)c1. The molecule has 1 fully saturated rings. The third-order valence-corrected chi connectivity index (χ3v) is 3.61. The lowest BCUT2D eigenvalue weighted by atomic mass is 9.88. The first-order valence-corrected chi connectivity index (χ1v) is 6.95. The van der Waals surface area contributed by atoms with Gasteiger partial charge in [0.05, 0.1) is 13.2 Å². The van der Waals surface area contributed by atoms with Crippen LogP contribution in [-0.4, -0.2) is 44.9 Å². The fourth-order valence-electron chi connectivity index (χ4n) is 2.55. The van der Waals surface area contributed by atoms with Gasteiger partial charge in [-0.05, 0) is 32.5 Å². The smallest absolute Gasteiger partial charge is 0.122 e. The molecule has 1 aromatic carbocycles. The summed E-state index contributed by atoms with van der Waals surface area (Å²) in [6.45, 7) is 11.0. The fourth-order valence-corrected chi connectivity index (χ4v) is 2.55. The van der Waals surface area contributed by atoms with E-state index >= 15 is 0 Å². The maximum absolute atomic E-state index is 5.86. The minimum absolute atomic E-state index is 0.342. The van der Waals surface area contributed by atoms with Gasteiger partial charge in [-0.2, -0.15) is 0 Å². The third-order valence-electron chi connectivity index (χ3n) is 3.61. The maximum atomic E-state index is 5.86. The standard InChI is InChI=1S/C16H25NO2/c1-13-5-6-15(14(2)9-13)19-8-7-17(4)10-16(3)11-18-12-16/h5-6,9H,7-8,10-12H2,1-4H3. The molecular weight excluding hydrogens is 238 g/mol. The van der Waals surface area contributed by atoms with E-state index in [0.717, 1.165) is 38.7 Å². The van der Waals surface area contributed by atoms with E-state index in [1.807, 2.05) is 0 Å². The van der Waals surface area contributed by atoms with Crippen molar-refractivity contribution in [2.75, 3.05) is 40.0 Å².